The molecular formula is C12H13NO2S. The summed E-state index contributed by atoms with van der Waals surface area (Å²) in [4.78, 5) is 4.52. The van der Waals surface area contributed by atoms with E-state index in [2.05, 4.69) is 11.1 Å². The lowest BCUT2D eigenvalue weighted by Crippen LogP contribution is -2.31. The number of rotatable bonds is 2. The minimum absolute atomic E-state index is 0.433. The number of para-hydroxylation sites is 1. The summed E-state index contributed by atoms with van der Waals surface area (Å²) in [7, 11) is 0. The van der Waals surface area contributed by atoms with E-state index in [0.717, 1.165) is 10.5 Å². The molecule has 84 valence electrons. The average Bonchev–Trinajstić information content (AvgIpc) is 2.84. The van der Waals surface area contributed by atoms with Crippen LogP contribution in [0.2, 0.25) is 0 Å². The minimum atomic E-state index is -0.701. The van der Waals surface area contributed by atoms with Crippen molar-refractivity contribution in [2.75, 3.05) is 13.2 Å². The number of benzene rings is 1. The van der Waals surface area contributed by atoms with Gasteiger partial charge in [-0.25, -0.2) is 4.98 Å². The van der Waals surface area contributed by atoms with Crippen molar-refractivity contribution >= 4 is 21.6 Å². The van der Waals surface area contributed by atoms with Crippen LogP contribution in [0, 0.1) is 0 Å². The smallest absolute Gasteiger partial charge is 0.0968 e. The second-order valence-electron chi connectivity index (χ2n) is 4.28. The Kier molecular flexibility index (Phi) is 2.42. The van der Waals surface area contributed by atoms with Crippen LogP contribution in [0.5, 0.6) is 0 Å². The van der Waals surface area contributed by atoms with E-state index in [1.807, 2.05) is 18.2 Å². The molecule has 1 aliphatic heterocycles. The zero-order chi connectivity index (χ0) is 11.0. The molecule has 1 atom stereocenters. The summed E-state index contributed by atoms with van der Waals surface area (Å²) in [6.45, 7) is 1.09. The fourth-order valence-electron chi connectivity index (χ4n) is 2.01. The summed E-state index contributed by atoms with van der Waals surface area (Å²) in [6, 6.07) is 8.06. The third-order valence-corrected chi connectivity index (χ3v) is 3.94. The Morgan fingerprint density at radius 3 is 3.06 bits per heavy atom. The lowest BCUT2D eigenvalue weighted by molar-refractivity contribution is 0.0270. The van der Waals surface area contributed by atoms with E-state index in [0.29, 0.717) is 26.1 Å². The number of hydrogen-bond donors (Lipinski definition) is 1. The fourth-order valence-corrected chi connectivity index (χ4v) is 3.12. The van der Waals surface area contributed by atoms with Gasteiger partial charge in [0.1, 0.15) is 0 Å². The maximum Gasteiger partial charge on any atom is 0.0968 e. The fraction of sp³-hybridized carbons (Fsp3) is 0.417. The highest BCUT2D eigenvalue weighted by molar-refractivity contribution is 7.18. The Balaban J connectivity index is 1.89. The lowest BCUT2D eigenvalue weighted by atomic mass is 10.00. The van der Waals surface area contributed by atoms with E-state index in [9.17, 15) is 5.11 Å². The predicted octanol–water partition coefficient (Wildman–Crippen LogP) is 1.99. The van der Waals surface area contributed by atoms with Crippen molar-refractivity contribution in [3.63, 3.8) is 0 Å². The normalized spacial score (nSPS) is 25.3. The van der Waals surface area contributed by atoms with Gasteiger partial charge >= 0.3 is 0 Å². The molecule has 0 radical (unpaired) electrons. The summed E-state index contributed by atoms with van der Waals surface area (Å²) in [5, 5.41) is 11.2. The molecule has 1 aliphatic rings. The van der Waals surface area contributed by atoms with Crippen molar-refractivity contribution in [1.29, 1.82) is 0 Å². The monoisotopic (exact) mass is 235 g/mol. The highest BCUT2D eigenvalue weighted by Crippen LogP contribution is 2.28. The predicted molar refractivity (Wildman–Crippen MR) is 63.7 cm³/mol. The molecule has 2 aromatic rings. The van der Waals surface area contributed by atoms with E-state index in [1.165, 1.54) is 4.70 Å². The Labute approximate surface area is 97.7 Å². The largest absolute Gasteiger partial charge is 0.387 e. The minimum Gasteiger partial charge on any atom is -0.387 e. The zero-order valence-corrected chi connectivity index (χ0v) is 9.67. The van der Waals surface area contributed by atoms with E-state index in [4.69, 9.17) is 4.74 Å². The van der Waals surface area contributed by atoms with Gasteiger partial charge < -0.3 is 9.84 Å². The number of aromatic nitrogens is 1. The molecule has 1 N–H and O–H groups in total. The zero-order valence-electron chi connectivity index (χ0n) is 8.85. The van der Waals surface area contributed by atoms with Crippen molar-refractivity contribution in [2.45, 2.75) is 18.4 Å². The van der Waals surface area contributed by atoms with Gasteiger partial charge in [-0.3, -0.25) is 0 Å². The Morgan fingerprint density at radius 1 is 1.44 bits per heavy atom. The molecule has 1 fully saturated rings. The van der Waals surface area contributed by atoms with Crippen molar-refractivity contribution < 1.29 is 9.84 Å². The Morgan fingerprint density at radius 2 is 2.31 bits per heavy atom. The molecule has 1 unspecified atom stereocenters. The quantitative estimate of drug-likeness (QED) is 0.865. The molecule has 2 heterocycles. The second kappa shape index (κ2) is 3.80. The molecule has 0 aliphatic carbocycles. The van der Waals surface area contributed by atoms with Gasteiger partial charge in [0, 0.05) is 19.4 Å². The molecule has 0 saturated carbocycles. The highest BCUT2D eigenvalue weighted by atomic mass is 32.1. The summed E-state index contributed by atoms with van der Waals surface area (Å²) >= 11 is 1.66. The van der Waals surface area contributed by atoms with Crippen LogP contribution in [-0.2, 0) is 11.2 Å². The third-order valence-electron chi connectivity index (χ3n) is 2.90. The van der Waals surface area contributed by atoms with Crippen LogP contribution in [-0.4, -0.2) is 28.9 Å². The molecular weight excluding hydrogens is 222 g/mol. The van der Waals surface area contributed by atoms with Gasteiger partial charge in [0.05, 0.1) is 27.4 Å². The van der Waals surface area contributed by atoms with Gasteiger partial charge in [-0.15, -0.1) is 11.3 Å². The van der Waals surface area contributed by atoms with Crippen LogP contribution in [0.4, 0.5) is 0 Å². The summed E-state index contributed by atoms with van der Waals surface area (Å²) in [6.07, 6.45) is 1.31. The number of thiazole rings is 1. The maximum atomic E-state index is 10.2. The first-order chi connectivity index (χ1) is 7.75. The number of fused-ring (bicyclic) bond motifs is 1. The lowest BCUT2D eigenvalue weighted by Gasteiger charge is -2.17. The molecule has 3 rings (SSSR count). The van der Waals surface area contributed by atoms with Crippen molar-refractivity contribution in [1.82, 2.24) is 4.98 Å². The van der Waals surface area contributed by atoms with Crippen LogP contribution in [0.3, 0.4) is 0 Å². The molecule has 0 spiro atoms. The first-order valence-corrected chi connectivity index (χ1v) is 6.21. The summed E-state index contributed by atoms with van der Waals surface area (Å²) in [5.41, 5.74) is 0.318. The standard InChI is InChI=1S/C12H13NO2S/c14-12(5-6-15-8-12)7-11-13-9-3-1-2-4-10(9)16-11/h1-4,14H,5-8H2. The van der Waals surface area contributed by atoms with E-state index in [-0.39, 0.29) is 0 Å². The Bertz CT molecular complexity index is 469. The first kappa shape index (κ1) is 10.2. The second-order valence-corrected chi connectivity index (χ2v) is 5.39. The molecule has 0 amide bonds. The maximum absolute atomic E-state index is 10.2. The molecule has 3 nitrogen and oxygen atoms in total. The Hall–Kier alpha value is -0.970. The van der Waals surface area contributed by atoms with Gasteiger partial charge in [-0.1, -0.05) is 12.1 Å². The molecule has 1 saturated heterocycles. The molecule has 4 heteroatoms. The highest BCUT2D eigenvalue weighted by Gasteiger charge is 2.33. The van der Waals surface area contributed by atoms with E-state index >= 15 is 0 Å². The molecule has 1 aromatic heterocycles. The number of aliphatic hydroxyl groups is 1. The number of ether oxygens (including phenoxy) is 1. The van der Waals surface area contributed by atoms with Crippen LogP contribution in [0.15, 0.2) is 24.3 Å². The number of hydrogen-bond acceptors (Lipinski definition) is 4. The van der Waals surface area contributed by atoms with Crippen molar-refractivity contribution in [2.24, 2.45) is 0 Å². The molecule has 0 bridgehead atoms. The molecule has 1 aromatic carbocycles. The van der Waals surface area contributed by atoms with Gasteiger partial charge in [0.25, 0.3) is 0 Å². The average molecular weight is 235 g/mol. The van der Waals surface area contributed by atoms with E-state index < -0.39 is 5.60 Å². The SMILES string of the molecule is OC1(Cc2nc3ccccc3s2)CCOC1. The van der Waals surface area contributed by atoms with E-state index in [1.54, 1.807) is 11.3 Å². The third kappa shape index (κ3) is 1.84. The number of nitrogens with zero attached hydrogens (tertiary/aromatic N) is 1. The van der Waals surface area contributed by atoms with Gasteiger partial charge in [-0.2, -0.15) is 0 Å². The van der Waals surface area contributed by atoms with Gasteiger partial charge in [-0.05, 0) is 12.1 Å². The van der Waals surface area contributed by atoms with Crippen molar-refractivity contribution in [3.05, 3.63) is 29.3 Å². The topological polar surface area (TPSA) is 42.4 Å². The van der Waals surface area contributed by atoms with Crippen LogP contribution >= 0.6 is 11.3 Å². The van der Waals surface area contributed by atoms with Gasteiger partial charge in [0.15, 0.2) is 0 Å². The summed E-state index contributed by atoms with van der Waals surface area (Å²) < 4.78 is 6.41. The van der Waals surface area contributed by atoms with Gasteiger partial charge in [0.2, 0.25) is 0 Å². The van der Waals surface area contributed by atoms with Crippen LogP contribution < -0.4 is 0 Å². The first-order valence-electron chi connectivity index (χ1n) is 5.40. The van der Waals surface area contributed by atoms with Crippen LogP contribution in [0.25, 0.3) is 10.2 Å². The van der Waals surface area contributed by atoms with Crippen molar-refractivity contribution in [3.8, 4) is 0 Å². The van der Waals surface area contributed by atoms with Crippen LogP contribution in [0.1, 0.15) is 11.4 Å². The summed E-state index contributed by atoms with van der Waals surface area (Å²) in [5.74, 6) is 0. The molecule has 16 heavy (non-hydrogen) atoms.